The Kier molecular flexibility index (Phi) is 21.5. The third-order valence-electron chi connectivity index (χ3n) is 26.1. The molecular formula is C121H88Br3N3O. The van der Waals surface area contributed by atoms with Gasteiger partial charge in [0.05, 0.1) is 5.41 Å². The van der Waals surface area contributed by atoms with Gasteiger partial charge in [-0.3, -0.25) is 0 Å². The fraction of sp³-hybridized carbons (Fsp3) is 0.0579. The lowest BCUT2D eigenvalue weighted by Gasteiger charge is -2.35. The van der Waals surface area contributed by atoms with Crippen LogP contribution in [0.25, 0.3) is 99.8 Å². The molecule has 0 aliphatic heterocycles. The Hall–Kier alpha value is -14.2. The van der Waals surface area contributed by atoms with Crippen molar-refractivity contribution in [2.45, 2.75) is 43.9 Å². The van der Waals surface area contributed by atoms with Crippen LogP contribution in [0.2, 0.25) is 0 Å². The van der Waals surface area contributed by atoms with Crippen molar-refractivity contribution >= 4 is 121 Å². The van der Waals surface area contributed by atoms with Gasteiger partial charge < -0.3 is 19.1 Å². The summed E-state index contributed by atoms with van der Waals surface area (Å²) < 4.78 is 9.50. The standard InChI is InChI=1S/C46H34BrN.C39H28BrNO.C36H26BrN/c1-45(2)42-28-33(47)22-25-38(42)39-26-23-35(29-43(39)45)48(34-18-10-5-11-19-34)36-24-27-40-37-20-12-13-21-41(37)46(44(40)30-36,31-14-6-3-7-15-31)32-16-8-4-9-17-32;1-39(2)35-22-27(40)15-18-31(35)32-19-16-30(24-36(32)39)41(28-12-8-11-26(21-28)25-9-4-3-5-10-25)29-17-20-38-34(23-29)33-13-6-7-14-37(33)42-38;37-33-19-11-29(12-20-33)32-17-25-36(26-18-32)38(34-21-13-30(14-22-34)27-7-3-1-4-8-27)35-23-15-31(16-24-35)28-9-5-2-6-10-28/h3-30H,1-2H3;3-24H,1-2H3;1-26H. The van der Waals surface area contributed by atoms with Crippen molar-refractivity contribution in [3.8, 4) is 77.9 Å². The van der Waals surface area contributed by atoms with Crippen LogP contribution in [0.1, 0.15) is 72.2 Å². The Morgan fingerprint density at radius 2 is 0.477 bits per heavy atom. The van der Waals surface area contributed by atoms with E-state index in [1.807, 2.05) is 12.1 Å². The zero-order valence-corrected chi connectivity index (χ0v) is 76.0. The van der Waals surface area contributed by atoms with Crippen molar-refractivity contribution in [3.05, 3.63) is 519 Å². The van der Waals surface area contributed by atoms with Crippen LogP contribution in [0.15, 0.2) is 479 Å². The van der Waals surface area contributed by atoms with E-state index < -0.39 is 5.41 Å². The SMILES string of the molecule is Brc1ccc(-c2ccc(N(c3ccc(-c4ccccc4)cc3)c3ccc(-c4ccccc4)cc3)cc2)cc1.CC1(C)c2cc(Br)ccc2-c2ccc(N(c3cccc(-c4ccccc4)c3)c3ccc4oc5ccccc5c4c3)cc21.CC1(C)c2cc(Br)ccc2-c2ccc(N(c3ccccc3)c3ccc4c(c3)C(c3ccccc3)(c3ccccc3)c3ccccc3-4)cc21. The van der Waals surface area contributed by atoms with Crippen molar-refractivity contribution in [1.82, 2.24) is 0 Å². The molecule has 23 rings (SSSR count). The van der Waals surface area contributed by atoms with Gasteiger partial charge in [-0.1, -0.05) is 379 Å². The minimum Gasteiger partial charge on any atom is -0.456 e. The van der Waals surface area contributed by atoms with Crippen LogP contribution in [0, 0.1) is 0 Å². The predicted octanol–water partition coefficient (Wildman–Crippen LogP) is 35.3. The molecule has 0 spiro atoms. The summed E-state index contributed by atoms with van der Waals surface area (Å²) in [5, 5.41) is 2.24. The van der Waals surface area contributed by atoms with Gasteiger partial charge in [-0.2, -0.15) is 0 Å². The van der Waals surface area contributed by atoms with Gasteiger partial charge in [0.2, 0.25) is 0 Å². The molecule has 0 fully saturated rings. The van der Waals surface area contributed by atoms with E-state index in [4.69, 9.17) is 4.42 Å². The highest BCUT2D eigenvalue weighted by atomic mass is 79.9. The average Bonchev–Trinajstić information content (AvgIpc) is 1.54. The molecule has 0 radical (unpaired) electrons. The topological polar surface area (TPSA) is 22.9 Å². The molecule has 19 aromatic carbocycles. The molecule has 0 saturated heterocycles. The van der Waals surface area contributed by atoms with E-state index >= 15 is 0 Å². The van der Waals surface area contributed by atoms with Crippen molar-refractivity contribution in [2.75, 3.05) is 14.7 Å². The van der Waals surface area contributed by atoms with Crippen LogP contribution in [0.4, 0.5) is 51.2 Å². The van der Waals surface area contributed by atoms with Crippen LogP contribution >= 0.6 is 47.8 Å². The molecular weight excluding hydrogens is 1750 g/mol. The lowest BCUT2D eigenvalue weighted by atomic mass is 9.67. The maximum atomic E-state index is 6.19. The summed E-state index contributed by atoms with van der Waals surface area (Å²) in [7, 11) is 0. The highest BCUT2D eigenvalue weighted by Crippen LogP contribution is 2.59. The van der Waals surface area contributed by atoms with E-state index in [9.17, 15) is 0 Å². The molecule has 20 aromatic rings. The number of nitrogens with zero attached hydrogens (tertiary/aromatic N) is 3. The first-order chi connectivity index (χ1) is 62.7. The summed E-state index contributed by atoms with van der Waals surface area (Å²) in [6.45, 7) is 9.36. The van der Waals surface area contributed by atoms with Gasteiger partial charge in [-0.15, -0.1) is 0 Å². The van der Waals surface area contributed by atoms with Gasteiger partial charge in [0.1, 0.15) is 11.2 Å². The highest BCUT2D eigenvalue weighted by Gasteiger charge is 2.47. The van der Waals surface area contributed by atoms with E-state index in [0.717, 1.165) is 86.5 Å². The smallest absolute Gasteiger partial charge is 0.135 e. The Labute approximate surface area is 774 Å². The third-order valence-corrected chi connectivity index (χ3v) is 27.6. The molecule has 7 heteroatoms. The summed E-state index contributed by atoms with van der Waals surface area (Å²) in [5.74, 6) is 0. The molecule has 0 unspecified atom stereocenters. The Morgan fingerprint density at radius 3 is 0.961 bits per heavy atom. The molecule has 4 nitrogen and oxygen atoms in total. The van der Waals surface area contributed by atoms with Gasteiger partial charge in [-0.25, -0.2) is 0 Å². The zero-order valence-electron chi connectivity index (χ0n) is 71.3. The first-order valence-electron chi connectivity index (χ1n) is 43.6. The van der Waals surface area contributed by atoms with E-state index in [-0.39, 0.29) is 10.8 Å². The largest absolute Gasteiger partial charge is 0.456 e. The van der Waals surface area contributed by atoms with Crippen molar-refractivity contribution in [2.24, 2.45) is 0 Å². The van der Waals surface area contributed by atoms with E-state index in [0.29, 0.717) is 0 Å². The summed E-state index contributed by atoms with van der Waals surface area (Å²) in [6, 6.07) is 166. The summed E-state index contributed by atoms with van der Waals surface area (Å²) in [5.41, 5.74) is 39.3. The van der Waals surface area contributed by atoms with E-state index in [2.05, 4.69) is 539 Å². The normalized spacial score (nSPS) is 13.0. The van der Waals surface area contributed by atoms with Crippen molar-refractivity contribution < 1.29 is 4.42 Å². The van der Waals surface area contributed by atoms with E-state index in [1.54, 1.807) is 0 Å². The van der Waals surface area contributed by atoms with Crippen molar-refractivity contribution in [1.29, 1.82) is 0 Å². The molecule has 3 aliphatic rings. The van der Waals surface area contributed by atoms with Crippen LogP contribution < -0.4 is 14.7 Å². The predicted molar refractivity (Wildman–Crippen MR) is 548 cm³/mol. The number of fused-ring (bicyclic) bond motifs is 12. The molecule has 3 aliphatic carbocycles. The van der Waals surface area contributed by atoms with E-state index in [1.165, 1.54) is 122 Å². The lowest BCUT2D eigenvalue weighted by Crippen LogP contribution is -2.28. The quantitative estimate of drug-likeness (QED) is 0.102. The second-order valence-corrected chi connectivity index (χ2v) is 37.0. The fourth-order valence-electron chi connectivity index (χ4n) is 19.8. The number of hydrogen-bond acceptors (Lipinski definition) is 4. The van der Waals surface area contributed by atoms with Gasteiger partial charge >= 0.3 is 0 Å². The number of benzene rings is 19. The summed E-state index contributed by atoms with van der Waals surface area (Å²) >= 11 is 11.0. The average molecular weight is 1840 g/mol. The fourth-order valence-corrected chi connectivity index (χ4v) is 20.8. The first-order valence-corrected chi connectivity index (χ1v) is 46.0. The Balaban J connectivity index is 0.000000118. The zero-order chi connectivity index (χ0) is 86.6. The van der Waals surface area contributed by atoms with Gasteiger partial charge in [0, 0.05) is 86.2 Å². The van der Waals surface area contributed by atoms with Gasteiger partial charge in [0.15, 0.2) is 0 Å². The molecule has 0 bridgehead atoms. The number of furan rings is 1. The number of halogens is 3. The summed E-state index contributed by atoms with van der Waals surface area (Å²) in [4.78, 5) is 7.12. The molecule has 128 heavy (non-hydrogen) atoms. The minimum absolute atomic E-state index is 0.118. The maximum Gasteiger partial charge on any atom is 0.135 e. The molecule has 0 N–H and O–H groups in total. The number of anilines is 9. The molecule has 0 amide bonds. The Morgan fingerprint density at radius 1 is 0.188 bits per heavy atom. The molecule has 1 heterocycles. The monoisotopic (exact) mass is 1840 g/mol. The molecule has 0 saturated carbocycles. The number of hydrogen-bond donors (Lipinski definition) is 0. The molecule has 1 aromatic heterocycles. The summed E-state index contributed by atoms with van der Waals surface area (Å²) in [6.07, 6.45) is 0. The van der Waals surface area contributed by atoms with Crippen LogP contribution in [0.5, 0.6) is 0 Å². The maximum absolute atomic E-state index is 6.19. The second kappa shape index (κ2) is 34.0. The van der Waals surface area contributed by atoms with Gasteiger partial charge in [0.25, 0.3) is 0 Å². The van der Waals surface area contributed by atoms with Crippen molar-refractivity contribution in [3.63, 3.8) is 0 Å². The highest BCUT2D eigenvalue weighted by molar-refractivity contribution is 9.11. The lowest BCUT2D eigenvalue weighted by molar-refractivity contribution is 0.660. The van der Waals surface area contributed by atoms with Gasteiger partial charge in [-0.05, 0) is 280 Å². The van der Waals surface area contributed by atoms with Crippen LogP contribution in [-0.4, -0.2) is 0 Å². The van der Waals surface area contributed by atoms with Crippen LogP contribution in [-0.2, 0) is 16.2 Å². The Bertz CT molecular complexity index is 7370. The first kappa shape index (κ1) is 80.9. The second-order valence-electron chi connectivity index (χ2n) is 34.3. The van der Waals surface area contributed by atoms with Crippen LogP contribution in [0.3, 0.4) is 0 Å². The third kappa shape index (κ3) is 14.9. The molecule has 614 valence electrons. The molecule has 0 atom stereocenters. The minimum atomic E-state index is -0.457. The number of para-hydroxylation sites is 2. The number of rotatable bonds is 15.